The first-order valence-corrected chi connectivity index (χ1v) is 14.7. The maximum Gasteiger partial charge on any atom is 0.340 e. The van der Waals surface area contributed by atoms with Gasteiger partial charge >= 0.3 is 5.97 Å². The Balaban J connectivity index is 2.20. The standard InChI is InChI=1S/C24H26N6O10S2/c1-38-17-12-19(41(33,34)9-8-31)18(39-2)10-15(17)28-29-16-11-20(42(35,36)37)22(26)23(21(16)25)30-27-14-7-5-4-6-13(14)24(32)40-3/h4-7,10-12,31H,8-9,25-26H2,1-3H3,(H,35,36,37). The van der Waals surface area contributed by atoms with Crippen molar-refractivity contribution in [3.63, 3.8) is 0 Å². The van der Waals surface area contributed by atoms with Gasteiger partial charge in [0.15, 0.2) is 9.84 Å². The van der Waals surface area contributed by atoms with E-state index in [2.05, 4.69) is 20.5 Å². The number of anilines is 2. The number of esters is 1. The molecule has 6 N–H and O–H groups in total. The van der Waals surface area contributed by atoms with Gasteiger partial charge in [0.1, 0.15) is 44.0 Å². The highest BCUT2D eigenvalue weighted by atomic mass is 32.2. The van der Waals surface area contributed by atoms with E-state index < -0.39 is 54.6 Å². The minimum Gasteiger partial charge on any atom is -0.495 e. The van der Waals surface area contributed by atoms with Gasteiger partial charge in [0.2, 0.25) is 0 Å². The Hall–Kier alpha value is -4.65. The van der Waals surface area contributed by atoms with E-state index in [1.807, 2.05) is 0 Å². The highest BCUT2D eigenvalue weighted by Gasteiger charge is 2.24. The van der Waals surface area contributed by atoms with E-state index in [9.17, 15) is 26.2 Å². The summed E-state index contributed by atoms with van der Waals surface area (Å²) in [5.41, 5.74) is 10.5. The molecular weight excluding hydrogens is 596 g/mol. The zero-order valence-corrected chi connectivity index (χ0v) is 24.0. The van der Waals surface area contributed by atoms with Crippen LogP contribution in [0.15, 0.2) is 72.7 Å². The monoisotopic (exact) mass is 622 g/mol. The maximum atomic E-state index is 12.6. The maximum absolute atomic E-state index is 12.6. The number of nitrogen functional groups attached to an aromatic ring is 2. The minimum atomic E-state index is -4.93. The molecule has 3 rings (SSSR count). The first kappa shape index (κ1) is 31.9. The molecule has 224 valence electrons. The van der Waals surface area contributed by atoms with Gasteiger partial charge in [0.25, 0.3) is 10.1 Å². The van der Waals surface area contributed by atoms with Crippen LogP contribution in [0.2, 0.25) is 0 Å². The first-order chi connectivity index (χ1) is 19.8. The highest BCUT2D eigenvalue weighted by Crippen LogP contribution is 2.44. The Morgan fingerprint density at radius 2 is 1.43 bits per heavy atom. The normalized spacial score (nSPS) is 12.1. The van der Waals surface area contributed by atoms with E-state index in [1.165, 1.54) is 39.5 Å². The fraction of sp³-hybridized carbons (Fsp3) is 0.208. The zero-order chi connectivity index (χ0) is 31.2. The van der Waals surface area contributed by atoms with Crippen LogP contribution in [0, 0.1) is 0 Å². The average Bonchev–Trinajstić information content (AvgIpc) is 2.95. The van der Waals surface area contributed by atoms with Crippen LogP contribution in [0.25, 0.3) is 0 Å². The number of aliphatic hydroxyl groups is 1. The van der Waals surface area contributed by atoms with Crippen molar-refractivity contribution >= 4 is 60.0 Å². The van der Waals surface area contributed by atoms with Crippen molar-refractivity contribution in [2.24, 2.45) is 20.5 Å². The number of rotatable bonds is 11. The number of nitrogens with zero attached hydrogens (tertiary/aromatic N) is 4. The second kappa shape index (κ2) is 12.9. The molecule has 0 unspecified atom stereocenters. The number of methoxy groups -OCH3 is 3. The summed E-state index contributed by atoms with van der Waals surface area (Å²) in [6.45, 7) is -0.629. The van der Waals surface area contributed by atoms with Crippen LogP contribution < -0.4 is 20.9 Å². The predicted octanol–water partition coefficient (Wildman–Crippen LogP) is 3.50. The lowest BCUT2D eigenvalue weighted by molar-refractivity contribution is 0.0601. The van der Waals surface area contributed by atoms with E-state index in [1.54, 1.807) is 12.1 Å². The van der Waals surface area contributed by atoms with E-state index in [-0.39, 0.29) is 44.7 Å². The number of hydrogen-bond donors (Lipinski definition) is 4. The van der Waals surface area contributed by atoms with Gasteiger partial charge in [-0.05, 0) is 18.2 Å². The largest absolute Gasteiger partial charge is 0.495 e. The Bertz CT molecular complexity index is 1790. The molecule has 0 saturated heterocycles. The molecule has 16 nitrogen and oxygen atoms in total. The van der Waals surface area contributed by atoms with E-state index in [0.717, 1.165) is 12.1 Å². The Labute approximate surface area is 240 Å². The van der Waals surface area contributed by atoms with Gasteiger partial charge in [-0.25, -0.2) is 13.2 Å². The molecule has 0 aromatic heterocycles. The summed E-state index contributed by atoms with van der Waals surface area (Å²) < 4.78 is 74.2. The number of nitrogens with two attached hydrogens (primary N) is 2. The van der Waals surface area contributed by atoms with Crippen molar-refractivity contribution in [1.82, 2.24) is 0 Å². The topological polar surface area (TPSA) is 255 Å². The number of carbonyl (C=O) groups is 1. The van der Waals surface area contributed by atoms with Gasteiger partial charge in [-0.2, -0.15) is 8.42 Å². The molecule has 3 aromatic carbocycles. The molecule has 18 heteroatoms. The molecule has 42 heavy (non-hydrogen) atoms. The summed E-state index contributed by atoms with van der Waals surface area (Å²) in [7, 11) is -5.26. The molecule has 0 atom stereocenters. The number of benzene rings is 3. The lowest BCUT2D eigenvalue weighted by Gasteiger charge is -2.13. The zero-order valence-electron chi connectivity index (χ0n) is 22.4. The smallest absolute Gasteiger partial charge is 0.340 e. The van der Waals surface area contributed by atoms with Crippen molar-refractivity contribution in [2.45, 2.75) is 9.79 Å². The van der Waals surface area contributed by atoms with Gasteiger partial charge in [0, 0.05) is 12.1 Å². The van der Waals surface area contributed by atoms with Crippen molar-refractivity contribution < 1.29 is 45.5 Å². The van der Waals surface area contributed by atoms with Crippen molar-refractivity contribution in [1.29, 1.82) is 0 Å². The number of carbonyl (C=O) groups excluding carboxylic acids is 1. The van der Waals surface area contributed by atoms with Crippen LogP contribution in [0.4, 0.5) is 34.1 Å². The molecule has 0 aliphatic rings. The fourth-order valence-corrected chi connectivity index (χ4v) is 5.36. The van der Waals surface area contributed by atoms with Crippen LogP contribution in [-0.2, 0) is 24.7 Å². The van der Waals surface area contributed by atoms with Crippen LogP contribution in [-0.4, -0.2) is 66.2 Å². The molecule has 0 amide bonds. The van der Waals surface area contributed by atoms with Crippen LogP contribution >= 0.6 is 0 Å². The quantitative estimate of drug-likeness (QED) is 0.104. The Kier molecular flexibility index (Phi) is 9.79. The van der Waals surface area contributed by atoms with Gasteiger partial charge < -0.3 is 30.8 Å². The molecule has 0 bridgehead atoms. The Morgan fingerprint density at radius 3 is 2.02 bits per heavy atom. The Morgan fingerprint density at radius 1 is 0.810 bits per heavy atom. The SMILES string of the molecule is COC(=O)c1ccccc1N=Nc1c(N)c(N=Nc2cc(OC)c(S(=O)(=O)CCO)cc2OC)cc(S(=O)(=O)O)c1N. The third-order valence-electron chi connectivity index (χ3n) is 5.59. The number of aliphatic hydroxyl groups excluding tert-OH is 1. The van der Waals surface area contributed by atoms with E-state index in [0.29, 0.717) is 0 Å². The number of hydrogen-bond acceptors (Lipinski definition) is 15. The molecule has 0 heterocycles. The van der Waals surface area contributed by atoms with Crippen LogP contribution in [0.1, 0.15) is 10.4 Å². The summed E-state index contributed by atoms with van der Waals surface area (Å²) >= 11 is 0. The van der Waals surface area contributed by atoms with Crippen LogP contribution in [0.3, 0.4) is 0 Å². The summed E-state index contributed by atoms with van der Waals surface area (Å²) in [5, 5.41) is 24.9. The number of azo groups is 2. The van der Waals surface area contributed by atoms with E-state index >= 15 is 0 Å². The minimum absolute atomic E-state index is 0.0386. The molecule has 0 radical (unpaired) electrons. The fourth-order valence-electron chi connectivity index (χ4n) is 3.53. The summed E-state index contributed by atoms with van der Waals surface area (Å²) in [6, 6.07) is 9.12. The predicted molar refractivity (Wildman–Crippen MR) is 150 cm³/mol. The molecule has 0 aliphatic heterocycles. The van der Waals surface area contributed by atoms with Crippen molar-refractivity contribution in [3.8, 4) is 11.5 Å². The van der Waals surface area contributed by atoms with Gasteiger partial charge in [0.05, 0.1) is 50.6 Å². The van der Waals surface area contributed by atoms with Gasteiger partial charge in [-0.15, -0.1) is 20.5 Å². The third kappa shape index (κ3) is 6.79. The molecule has 0 fully saturated rings. The average molecular weight is 623 g/mol. The molecule has 3 aromatic rings. The lowest BCUT2D eigenvalue weighted by Crippen LogP contribution is -2.11. The second-order valence-corrected chi connectivity index (χ2v) is 11.6. The summed E-state index contributed by atoms with van der Waals surface area (Å²) in [6.07, 6.45) is 0. The summed E-state index contributed by atoms with van der Waals surface area (Å²) in [5.74, 6) is -1.50. The van der Waals surface area contributed by atoms with Gasteiger partial charge in [-0.1, -0.05) is 12.1 Å². The number of ether oxygens (including phenoxy) is 3. The van der Waals surface area contributed by atoms with Crippen LogP contribution in [0.5, 0.6) is 11.5 Å². The van der Waals surface area contributed by atoms with Gasteiger partial charge in [-0.3, -0.25) is 4.55 Å². The lowest BCUT2D eigenvalue weighted by atomic mass is 10.2. The molecular formula is C24H26N6O10S2. The number of sulfone groups is 1. The third-order valence-corrected chi connectivity index (χ3v) is 8.19. The van der Waals surface area contributed by atoms with Crippen molar-refractivity contribution in [3.05, 3.63) is 48.0 Å². The molecule has 0 aliphatic carbocycles. The molecule has 0 spiro atoms. The van der Waals surface area contributed by atoms with Crippen molar-refractivity contribution in [2.75, 3.05) is 45.2 Å². The first-order valence-electron chi connectivity index (χ1n) is 11.6. The second-order valence-electron chi connectivity index (χ2n) is 8.17. The molecule has 0 saturated carbocycles. The summed E-state index contributed by atoms with van der Waals surface area (Å²) in [4.78, 5) is 11.0. The van der Waals surface area contributed by atoms with E-state index in [4.69, 9.17) is 30.8 Å². The highest BCUT2D eigenvalue weighted by molar-refractivity contribution is 7.91.